The smallest absolute Gasteiger partial charge is 0.317 e. The zero-order valence-electron chi connectivity index (χ0n) is 14.1. The van der Waals surface area contributed by atoms with Crippen LogP contribution in [-0.2, 0) is 0 Å². The van der Waals surface area contributed by atoms with Crippen molar-refractivity contribution in [1.29, 1.82) is 0 Å². The molecule has 1 atom stereocenters. The van der Waals surface area contributed by atoms with E-state index in [4.69, 9.17) is 15.2 Å². The summed E-state index contributed by atoms with van der Waals surface area (Å²) >= 11 is 0. The van der Waals surface area contributed by atoms with Crippen LogP contribution < -0.4 is 15.2 Å². The SMILES string of the molecule is COc1ccc(C(N)c2nc(OC(C)C)nc3ccccc23)cc1. The molecule has 1 unspecified atom stereocenters. The predicted octanol–water partition coefficient (Wildman–Crippen LogP) is 3.47. The van der Waals surface area contributed by atoms with Crippen molar-refractivity contribution in [1.82, 2.24) is 9.97 Å². The number of aromatic nitrogens is 2. The second-order valence-electron chi connectivity index (χ2n) is 5.83. The summed E-state index contributed by atoms with van der Waals surface area (Å²) < 4.78 is 10.9. The molecular weight excluding hydrogens is 302 g/mol. The Bertz CT molecular complexity index is 832. The third-order valence-corrected chi connectivity index (χ3v) is 3.72. The molecule has 2 aromatic carbocycles. The van der Waals surface area contributed by atoms with E-state index in [0.29, 0.717) is 6.01 Å². The summed E-state index contributed by atoms with van der Waals surface area (Å²) in [6, 6.07) is 15.5. The summed E-state index contributed by atoms with van der Waals surface area (Å²) in [6.07, 6.45) is -0.00350. The molecule has 5 heteroatoms. The van der Waals surface area contributed by atoms with Gasteiger partial charge in [-0.05, 0) is 37.6 Å². The average molecular weight is 323 g/mol. The Labute approximate surface area is 141 Å². The summed E-state index contributed by atoms with van der Waals surface area (Å²) in [6.45, 7) is 3.89. The van der Waals surface area contributed by atoms with Crippen molar-refractivity contribution in [3.05, 3.63) is 59.8 Å². The number of ether oxygens (including phenoxy) is 2. The second kappa shape index (κ2) is 6.84. The molecule has 0 aliphatic carbocycles. The van der Waals surface area contributed by atoms with Gasteiger partial charge in [-0.3, -0.25) is 0 Å². The molecule has 0 aliphatic heterocycles. The molecule has 2 N–H and O–H groups in total. The van der Waals surface area contributed by atoms with E-state index in [2.05, 4.69) is 9.97 Å². The lowest BCUT2D eigenvalue weighted by Crippen LogP contribution is -2.16. The van der Waals surface area contributed by atoms with Gasteiger partial charge >= 0.3 is 6.01 Å². The zero-order chi connectivity index (χ0) is 17.1. The Hall–Kier alpha value is -2.66. The standard InChI is InChI=1S/C19H21N3O2/c1-12(2)24-19-21-16-7-5-4-6-15(16)18(22-19)17(20)13-8-10-14(23-3)11-9-13/h4-12,17H,20H2,1-3H3. The van der Waals surface area contributed by atoms with Gasteiger partial charge < -0.3 is 15.2 Å². The Kier molecular flexibility index (Phi) is 4.62. The molecule has 24 heavy (non-hydrogen) atoms. The van der Waals surface area contributed by atoms with Crippen molar-refractivity contribution in [3.8, 4) is 11.8 Å². The molecule has 0 saturated heterocycles. The van der Waals surface area contributed by atoms with Crippen LogP contribution >= 0.6 is 0 Å². The molecular formula is C19H21N3O2. The molecule has 0 amide bonds. The first-order valence-electron chi connectivity index (χ1n) is 7.91. The monoisotopic (exact) mass is 323 g/mol. The maximum Gasteiger partial charge on any atom is 0.317 e. The van der Waals surface area contributed by atoms with Crippen LogP contribution in [0.15, 0.2) is 48.5 Å². The van der Waals surface area contributed by atoms with Crippen LogP contribution in [0.5, 0.6) is 11.8 Å². The number of benzene rings is 2. The maximum absolute atomic E-state index is 6.49. The van der Waals surface area contributed by atoms with Crippen LogP contribution in [0.1, 0.15) is 31.1 Å². The van der Waals surface area contributed by atoms with Gasteiger partial charge in [0.05, 0.1) is 30.5 Å². The van der Waals surface area contributed by atoms with E-state index in [-0.39, 0.29) is 12.1 Å². The fourth-order valence-corrected chi connectivity index (χ4v) is 2.55. The van der Waals surface area contributed by atoms with Gasteiger partial charge in [-0.25, -0.2) is 0 Å². The van der Waals surface area contributed by atoms with Crippen LogP contribution in [0.2, 0.25) is 0 Å². The summed E-state index contributed by atoms with van der Waals surface area (Å²) in [5.74, 6) is 0.794. The molecule has 3 aromatic rings. The fourth-order valence-electron chi connectivity index (χ4n) is 2.55. The van der Waals surface area contributed by atoms with Crippen molar-refractivity contribution in [2.75, 3.05) is 7.11 Å². The summed E-state index contributed by atoms with van der Waals surface area (Å²) in [5.41, 5.74) is 9.01. The molecule has 124 valence electrons. The molecule has 3 rings (SSSR count). The molecule has 5 nitrogen and oxygen atoms in total. The highest BCUT2D eigenvalue weighted by atomic mass is 16.5. The van der Waals surface area contributed by atoms with Crippen molar-refractivity contribution >= 4 is 10.9 Å². The third-order valence-electron chi connectivity index (χ3n) is 3.72. The van der Waals surface area contributed by atoms with Gasteiger partial charge in [-0.15, -0.1) is 0 Å². The van der Waals surface area contributed by atoms with E-state index in [0.717, 1.165) is 27.9 Å². The summed E-state index contributed by atoms with van der Waals surface area (Å²) in [5, 5.41) is 0.928. The number of hydrogen-bond acceptors (Lipinski definition) is 5. The van der Waals surface area contributed by atoms with Crippen molar-refractivity contribution in [2.45, 2.75) is 26.0 Å². The molecule has 0 radical (unpaired) electrons. The Balaban J connectivity index is 2.08. The summed E-state index contributed by atoms with van der Waals surface area (Å²) in [4.78, 5) is 9.04. The highest BCUT2D eigenvalue weighted by molar-refractivity contribution is 5.82. The van der Waals surface area contributed by atoms with E-state index in [9.17, 15) is 0 Å². The Morgan fingerprint density at radius 1 is 0.958 bits per heavy atom. The van der Waals surface area contributed by atoms with Crippen LogP contribution in [0.3, 0.4) is 0 Å². The number of hydrogen-bond donors (Lipinski definition) is 1. The molecule has 0 bridgehead atoms. The lowest BCUT2D eigenvalue weighted by Gasteiger charge is -2.16. The Morgan fingerprint density at radius 2 is 1.67 bits per heavy atom. The Morgan fingerprint density at radius 3 is 2.33 bits per heavy atom. The zero-order valence-corrected chi connectivity index (χ0v) is 14.1. The van der Waals surface area contributed by atoms with E-state index >= 15 is 0 Å². The van der Waals surface area contributed by atoms with Gasteiger partial charge in [0, 0.05) is 5.39 Å². The minimum atomic E-state index is -0.377. The van der Waals surface area contributed by atoms with Crippen molar-refractivity contribution in [2.24, 2.45) is 5.73 Å². The molecule has 1 aromatic heterocycles. The van der Waals surface area contributed by atoms with Crippen molar-refractivity contribution < 1.29 is 9.47 Å². The summed E-state index contributed by atoms with van der Waals surface area (Å²) in [7, 11) is 1.64. The minimum absolute atomic E-state index is 0.00350. The maximum atomic E-state index is 6.49. The number of rotatable bonds is 5. The lowest BCUT2D eigenvalue weighted by atomic mass is 10.0. The number of methoxy groups -OCH3 is 1. The fraction of sp³-hybridized carbons (Fsp3) is 0.263. The number of nitrogens with zero attached hydrogens (tertiary/aromatic N) is 2. The number of fused-ring (bicyclic) bond motifs is 1. The van der Waals surface area contributed by atoms with Gasteiger partial charge in [0.25, 0.3) is 0 Å². The van der Waals surface area contributed by atoms with Gasteiger partial charge in [-0.1, -0.05) is 30.3 Å². The number of para-hydroxylation sites is 1. The minimum Gasteiger partial charge on any atom is -0.497 e. The normalized spacial score (nSPS) is 12.4. The highest BCUT2D eigenvalue weighted by Gasteiger charge is 2.17. The highest BCUT2D eigenvalue weighted by Crippen LogP contribution is 2.28. The van der Waals surface area contributed by atoms with Crippen LogP contribution in [0, 0.1) is 0 Å². The van der Waals surface area contributed by atoms with Crippen LogP contribution in [-0.4, -0.2) is 23.2 Å². The van der Waals surface area contributed by atoms with Gasteiger partial charge in [-0.2, -0.15) is 9.97 Å². The second-order valence-corrected chi connectivity index (χ2v) is 5.83. The molecule has 0 saturated carbocycles. The first-order chi connectivity index (χ1) is 11.6. The lowest BCUT2D eigenvalue weighted by molar-refractivity contribution is 0.222. The first-order valence-corrected chi connectivity index (χ1v) is 7.91. The molecule has 0 spiro atoms. The molecule has 0 aliphatic rings. The van der Waals surface area contributed by atoms with E-state index < -0.39 is 0 Å². The molecule has 0 fully saturated rings. The first kappa shape index (κ1) is 16.2. The topological polar surface area (TPSA) is 70.3 Å². The largest absolute Gasteiger partial charge is 0.497 e. The van der Waals surface area contributed by atoms with E-state index in [1.54, 1.807) is 7.11 Å². The number of nitrogens with two attached hydrogens (primary N) is 1. The quantitative estimate of drug-likeness (QED) is 0.778. The van der Waals surface area contributed by atoms with E-state index in [1.807, 2.05) is 62.4 Å². The van der Waals surface area contributed by atoms with Crippen LogP contribution in [0.25, 0.3) is 10.9 Å². The average Bonchev–Trinajstić information content (AvgIpc) is 2.60. The van der Waals surface area contributed by atoms with Gasteiger partial charge in [0.1, 0.15) is 5.75 Å². The van der Waals surface area contributed by atoms with Gasteiger partial charge in [0.2, 0.25) is 0 Å². The predicted molar refractivity (Wildman–Crippen MR) is 94.3 cm³/mol. The van der Waals surface area contributed by atoms with Gasteiger partial charge in [0.15, 0.2) is 0 Å². The van der Waals surface area contributed by atoms with Crippen molar-refractivity contribution in [3.63, 3.8) is 0 Å². The van der Waals surface area contributed by atoms with Crippen LogP contribution in [0.4, 0.5) is 0 Å². The van der Waals surface area contributed by atoms with E-state index in [1.165, 1.54) is 0 Å². The molecule has 1 heterocycles. The third kappa shape index (κ3) is 3.31.